The molecule has 4 nitrogen and oxygen atoms in total. The molecule has 102 valence electrons. The monoisotopic (exact) mass is 282 g/mol. The van der Waals surface area contributed by atoms with Crippen molar-refractivity contribution in [2.45, 2.75) is 32.2 Å². The quantitative estimate of drug-likeness (QED) is 0.747. The molecule has 0 radical (unpaired) electrons. The van der Waals surface area contributed by atoms with Crippen molar-refractivity contribution in [1.29, 1.82) is 0 Å². The minimum absolute atomic E-state index is 0.404. The van der Waals surface area contributed by atoms with Gasteiger partial charge >= 0.3 is 0 Å². The summed E-state index contributed by atoms with van der Waals surface area (Å²) in [5, 5.41) is 3.42. The Labute approximate surface area is 110 Å². The third kappa shape index (κ3) is 5.55. The van der Waals surface area contributed by atoms with Crippen LogP contribution in [0.15, 0.2) is 0 Å². The maximum atomic E-state index is 11.5. The highest BCUT2D eigenvalue weighted by Gasteiger charge is 2.25. The maximum Gasteiger partial charge on any atom is 0.211 e. The number of rotatable bonds is 6. The van der Waals surface area contributed by atoms with E-state index in [9.17, 15) is 8.42 Å². The van der Waals surface area contributed by atoms with E-state index in [4.69, 9.17) is 11.6 Å². The Bertz CT molecular complexity index is 321. The zero-order chi connectivity index (χ0) is 12.9. The van der Waals surface area contributed by atoms with Crippen molar-refractivity contribution >= 4 is 21.6 Å². The van der Waals surface area contributed by atoms with Crippen LogP contribution < -0.4 is 5.32 Å². The highest BCUT2D eigenvalue weighted by Crippen LogP contribution is 2.18. The first-order valence-corrected chi connectivity index (χ1v) is 8.56. The molecule has 2 atom stereocenters. The van der Waals surface area contributed by atoms with Crippen molar-refractivity contribution in [3.05, 3.63) is 0 Å². The number of hydrogen-bond acceptors (Lipinski definition) is 3. The fourth-order valence-electron chi connectivity index (χ4n) is 2.13. The van der Waals surface area contributed by atoms with Gasteiger partial charge in [0.1, 0.15) is 0 Å². The number of hydrogen-bond donors (Lipinski definition) is 1. The molecule has 0 amide bonds. The first kappa shape index (κ1) is 15.2. The maximum absolute atomic E-state index is 11.5. The van der Waals surface area contributed by atoms with Gasteiger partial charge in [0, 0.05) is 25.0 Å². The number of sulfonamides is 1. The first-order valence-electron chi connectivity index (χ1n) is 6.18. The van der Waals surface area contributed by atoms with Gasteiger partial charge in [-0.25, -0.2) is 12.7 Å². The number of halogens is 1. The molecule has 17 heavy (non-hydrogen) atoms. The third-order valence-electron chi connectivity index (χ3n) is 3.25. The molecule has 0 spiro atoms. The van der Waals surface area contributed by atoms with E-state index in [0.717, 1.165) is 25.8 Å². The van der Waals surface area contributed by atoms with E-state index < -0.39 is 10.0 Å². The molecule has 2 unspecified atom stereocenters. The molecule has 1 heterocycles. The highest BCUT2D eigenvalue weighted by molar-refractivity contribution is 7.88. The van der Waals surface area contributed by atoms with E-state index in [0.29, 0.717) is 30.9 Å². The Hall–Kier alpha value is 0.160. The van der Waals surface area contributed by atoms with Crippen LogP contribution >= 0.6 is 11.6 Å². The van der Waals surface area contributed by atoms with Crippen molar-refractivity contribution in [3.63, 3.8) is 0 Å². The van der Waals surface area contributed by atoms with Crippen molar-refractivity contribution < 1.29 is 8.42 Å². The molecular formula is C11H23ClN2O2S. The Morgan fingerprint density at radius 2 is 2.24 bits per heavy atom. The fourth-order valence-corrected chi connectivity index (χ4v) is 3.40. The molecule has 1 aliphatic heterocycles. The molecule has 1 rings (SSSR count). The van der Waals surface area contributed by atoms with Gasteiger partial charge in [-0.3, -0.25) is 0 Å². The second kappa shape index (κ2) is 6.92. The lowest BCUT2D eigenvalue weighted by Gasteiger charge is -2.31. The summed E-state index contributed by atoms with van der Waals surface area (Å²) in [6.45, 7) is 4.32. The van der Waals surface area contributed by atoms with Crippen LogP contribution in [0.3, 0.4) is 0 Å². The van der Waals surface area contributed by atoms with Crippen LogP contribution in [0.1, 0.15) is 26.2 Å². The lowest BCUT2D eigenvalue weighted by Crippen LogP contribution is -2.43. The van der Waals surface area contributed by atoms with Crippen LogP contribution in [0.5, 0.6) is 0 Å². The van der Waals surface area contributed by atoms with Gasteiger partial charge in [0.05, 0.1) is 6.26 Å². The van der Waals surface area contributed by atoms with E-state index in [2.05, 4.69) is 12.2 Å². The van der Waals surface area contributed by atoms with Crippen LogP contribution in [-0.4, -0.2) is 50.5 Å². The fraction of sp³-hybridized carbons (Fsp3) is 1.00. The summed E-state index contributed by atoms with van der Waals surface area (Å²) >= 11 is 5.67. The van der Waals surface area contributed by atoms with Gasteiger partial charge in [-0.1, -0.05) is 0 Å². The largest absolute Gasteiger partial charge is 0.314 e. The minimum atomic E-state index is -3.02. The van der Waals surface area contributed by atoms with E-state index in [1.54, 1.807) is 4.31 Å². The SMILES string of the molecule is CC(CCCl)NCC1CCCN(S(C)(=O)=O)C1. The molecule has 1 aliphatic rings. The van der Waals surface area contributed by atoms with Crippen LogP contribution in [0, 0.1) is 5.92 Å². The molecule has 0 bridgehead atoms. The molecule has 6 heteroatoms. The Morgan fingerprint density at radius 3 is 2.82 bits per heavy atom. The minimum Gasteiger partial charge on any atom is -0.314 e. The first-order chi connectivity index (χ1) is 7.93. The molecular weight excluding hydrogens is 260 g/mol. The smallest absolute Gasteiger partial charge is 0.211 e. The summed E-state index contributed by atoms with van der Waals surface area (Å²) in [6.07, 6.45) is 4.30. The van der Waals surface area contributed by atoms with Crippen LogP contribution in [0.25, 0.3) is 0 Å². The van der Waals surface area contributed by atoms with Crippen molar-refractivity contribution in [1.82, 2.24) is 9.62 Å². The zero-order valence-corrected chi connectivity index (χ0v) is 12.2. The van der Waals surface area contributed by atoms with Gasteiger partial charge in [-0.15, -0.1) is 11.6 Å². The van der Waals surface area contributed by atoms with Gasteiger partial charge in [-0.2, -0.15) is 0 Å². The van der Waals surface area contributed by atoms with E-state index in [1.807, 2.05) is 0 Å². The van der Waals surface area contributed by atoms with Crippen molar-refractivity contribution in [2.75, 3.05) is 31.8 Å². The summed E-state index contributed by atoms with van der Waals surface area (Å²) in [7, 11) is -3.02. The van der Waals surface area contributed by atoms with E-state index in [1.165, 1.54) is 6.26 Å². The van der Waals surface area contributed by atoms with Crippen molar-refractivity contribution in [3.8, 4) is 0 Å². The number of nitrogens with one attached hydrogen (secondary N) is 1. The summed E-state index contributed by atoms with van der Waals surface area (Å²) < 4.78 is 24.5. The van der Waals surface area contributed by atoms with Crippen LogP contribution in [0.4, 0.5) is 0 Å². The Balaban J connectivity index is 2.35. The third-order valence-corrected chi connectivity index (χ3v) is 4.74. The van der Waals surface area contributed by atoms with Crippen LogP contribution in [0.2, 0.25) is 0 Å². The topological polar surface area (TPSA) is 49.4 Å². The summed E-state index contributed by atoms with van der Waals surface area (Å²) in [6, 6.07) is 0.404. The molecule has 0 aliphatic carbocycles. The second-order valence-electron chi connectivity index (χ2n) is 4.92. The Kier molecular flexibility index (Phi) is 6.20. The average molecular weight is 283 g/mol. The number of nitrogens with zero attached hydrogens (tertiary/aromatic N) is 1. The van der Waals surface area contributed by atoms with Gasteiger partial charge in [-0.05, 0) is 38.6 Å². The van der Waals surface area contributed by atoms with Gasteiger partial charge in [0.15, 0.2) is 0 Å². The summed E-state index contributed by atoms with van der Waals surface area (Å²) in [4.78, 5) is 0. The van der Waals surface area contributed by atoms with Crippen LogP contribution in [-0.2, 0) is 10.0 Å². The van der Waals surface area contributed by atoms with Gasteiger partial charge in [0.2, 0.25) is 10.0 Å². The zero-order valence-electron chi connectivity index (χ0n) is 10.7. The molecule has 1 saturated heterocycles. The van der Waals surface area contributed by atoms with Crippen molar-refractivity contribution in [2.24, 2.45) is 5.92 Å². The second-order valence-corrected chi connectivity index (χ2v) is 7.28. The summed E-state index contributed by atoms with van der Waals surface area (Å²) in [5.41, 5.74) is 0. The van der Waals surface area contributed by atoms with E-state index >= 15 is 0 Å². The number of alkyl halides is 1. The average Bonchev–Trinajstić information content (AvgIpc) is 2.26. The summed E-state index contributed by atoms with van der Waals surface area (Å²) in [5.74, 6) is 1.09. The molecule has 0 aromatic heterocycles. The Morgan fingerprint density at radius 1 is 1.53 bits per heavy atom. The highest BCUT2D eigenvalue weighted by atomic mass is 35.5. The van der Waals surface area contributed by atoms with E-state index in [-0.39, 0.29) is 0 Å². The normalized spacial score (nSPS) is 24.8. The van der Waals surface area contributed by atoms with Gasteiger partial charge < -0.3 is 5.32 Å². The molecule has 0 aromatic carbocycles. The molecule has 0 saturated carbocycles. The standard InChI is InChI=1S/C11H23ClN2O2S/c1-10(5-6-12)13-8-11-4-3-7-14(9-11)17(2,15)16/h10-11,13H,3-9H2,1-2H3. The lowest BCUT2D eigenvalue weighted by atomic mass is 9.99. The predicted octanol–water partition coefficient (Wildman–Crippen LogP) is 1.27. The molecule has 1 N–H and O–H groups in total. The van der Waals surface area contributed by atoms with Gasteiger partial charge in [0.25, 0.3) is 0 Å². The molecule has 1 fully saturated rings. The lowest BCUT2D eigenvalue weighted by molar-refractivity contribution is 0.256. The number of piperidine rings is 1. The molecule has 0 aromatic rings. The predicted molar refractivity (Wildman–Crippen MR) is 71.9 cm³/mol.